The van der Waals surface area contributed by atoms with E-state index in [1.54, 1.807) is 17.0 Å². The molecular formula is C30H26N8O. The molecular weight excluding hydrogens is 488 g/mol. The van der Waals surface area contributed by atoms with Crippen LogP contribution in [0.25, 0.3) is 33.5 Å². The number of tetrazole rings is 1. The molecule has 1 aliphatic rings. The van der Waals surface area contributed by atoms with E-state index in [1.165, 1.54) is 11.1 Å². The highest BCUT2D eigenvalue weighted by Crippen LogP contribution is 2.40. The molecule has 7 rings (SSSR count). The second kappa shape index (κ2) is 9.43. The third-order valence-electron chi connectivity index (χ3n) is 7.60. The first-order valence-electron chi connectivity index (χ1n) is 13.2. The summed E-state index contributed by atoms with van der Waals surface area (Å²) in [5.41, 5.74) is 8.02. The number of nitrogens with one attached hydrogen (secondary N) is 1. The molecule has 0 spiro atoms. The Morgan fingerprint density at radius 2 is 1.95 bits per heavy atom. The summed E-state index contributed by atoms with van der Waals surface area (Å²) >= 11 is 0. The van der Waals surface area contributed by atoms with E-state index >= 15 is 0 Å². The standard InChI is InChI=1S/C30H26N8O/c1-2-27-32-25-13-15-37(18-19-6-5-14-31-17-19)30(39)28(25)38(27)26-12-10-21-16-20(9-11-23(21)26)22-7-3-4-8-24(22)29-33-35-36-34-29/h3-9,11,13-17,26H,2,10,12,18H2,1H3,(H,33,34,35,36)/t26-/m0/s1. The number of benzene rings is 2. The van der Waals surface area contributed by atoms with E-state index in [4.69, 9.17) is 4.98 Å². The fourth-order valence-corrected chi connectivity index (χ4v) is 5.83. The van der Waals surface area contributed by atoms with Gasteiger partial charge in [-0.2, -0.15) is 5.21 Å². The van der Waals surface area contributed by atoms with Crippen LogP contribution >= 0.6 is 0 Å². The molecule has 0 saturated carbocycles. The van der Waals surface area contributed by atoms with Gasteiger partial charge in [-0.3, -0.25) is 9.78 Å². The summed E-state index contributed by atoms with van der Waals surface area (Å²) in [7, 11) is 0. The fraction of sp³-hybridized carbons (Fsp3) is 0.200. The third-order valence-corrected chi connectivity index (χ3v) is 7.60. The van der Waals surface area contributed by atoms with Crippen molar-refractivity contribution in [3.8, 4) is 22.5 Å². The zero-order valence-electron chi connectivity index (χ0n) is 21.5. The van der Waals surface area contributed by atoms with Gasteiger partial charge in [0.1, 0.15) is 11.3 Å². The van der Waals surface area contributed by atoms with Crippen LogP contribution in [-0.4, -0.2) is 39.7 Å². The zero-order chi connectivity index (χ0) is 26.3. The Morgan fingerprint density at radius 3 is 2.74 bits per heavy atom. The number of hydrogen-bond acceptors (Lipinski definition) is 6. The minimum atomic E-state index is -0.0253. The first-order valence-corrected chi connectivity index (χ1v) is 13.2. The van der Waals surface area contributed by atoms with E-state index in [-0.39, 0.29) is 11.6 Å². The van der Waals surface area contributed by atoms with Crippen molar-refractivity contribution in [2.45, 2.75) is 38.8 Å². The third kappa shape index (κ3) is 3.94. The molecule has 4 aromatic heterocycles. The quantitative estimate of drug-likeness (QED) is 0.349. The highest BCUT2D eigenvalue weighted by atomic mass is 16.1. The molecule has 1 atom stereocenters. The Balaban J connectivity index is 1.31. The van der Waals surface area contributed by atoms with Gasteiger partial charge in [0.15, 0.2) is 0 Å². The van der Waals surface area contributed by atoms with Gasteiger partial charge in [-0.1, -0.05) is 55.5 Å². The maximum absolute atomic E-state index is 13.8. The SMILES string of the molecule is CCc1nc2ccn(Cc3cccnc3)c(=O)c2n1[C@H]1CCc2cc(-c3ccccc3-c3nn[nH]n3)ccc21. The predicted molar refractivity (Wildman–Crippen MR) is 148 cm³/mol. The van der Waals surface area contributed by atoms with Crippen molar-refractivity contribution in [1.29, 1.82) is 0 Å². The molecule has 1 aliphatic carbocycles. The summed E-state index contributed by atoms with van der Waals surface area (Å²) in [6.45, 7) is 2.57. The molecule has 4 heterocycles. The summed E-state index contributed by atoms with van der Waals surface area (Å²) in [4.78, 5) is 22.9. The smallest absolute Gasteiger partial charge is 0.277 e. The molecule has 9 heteroatoms. The Morgan fingerprint density at radius 1 is 1.05 bits per heavy atom. The van der Waals surface area contributed by atoms with Crippen LogP contribution in [0.3, 0.4) is 0 Å². The number of rotatable bonds is 6. The number of fused-ring (bicyclic) bond motifs is 2. The van der Waals surface area contributed by atoms with Gasteiger partial charge >= 0.3 is 0 Å². The van der Waals surface area contributed by atoms with Crippen molar-refractivity contribution in [2.24, 2.45) is 0 Å². The normalized spacial score (nSPS) is 14.6. The Kier molecular flexibility index (Phi) is 5.61. The molecule has 9 nitrogen and oxygen atoms in total. The Bertz CT molecular complexity index is 1850. The van der Waals surface area contributed by atoms with Gasteiger partial charge in [0.25, 0.3) is 5.56 Å². The largest absolute Gasteiger partial charge is 0.316 e. The summed E-state index contributed by atoms with van der Waals surface area (Å²) < 4.78 is 3.95. The zero-order valence-corrected chi connectivity index (χ0v) is 21.5. The van der Waals surface area contributed by atoms with Crippen LogP contribution in [-0.2, 0) is 19.4 Å². The summed E-state index contributed by atoms with van der Waals surface area (Å²) in [6, 6.07) is 20.6. The topological polar surface area (TPSA) is 107 Å². The van der Waals surface area contributed by atoms with Crippen molar-refractivity contribution in [3.63, 3.8) is 0 Å². The monoisotopic (exact) mass is 514 g/mol. The van der Waals surface area contributed by atoms with E-state index in [9.17, 15) is 4.79 Å². The molecule has 192 valence electrons. The molecule has 2 aromatic carbocycles. The van der Waals surface area contributed by atoms with Gasteiger partial charge in [0.2, 0.25) is 5.82 Å². The molecule has 0 saturated heterocycles. The van der Waals surface area contributed by atoms with Crippen LogP contribution in [0.2, 0.25) is 0 Å². The average molecular weight is 515 g/mol. The van der Waals surface area contributed by atoms with Crippen LogP contribution in [0.4, 0.5) is 0 Å². The van der Waals surface area contributed by atoms with Gasteiger partial charge in [-0.15, -0.1) is 10.2 Å². The highest BCUT2D eigenvalue weighted by molar-refractivity contribution is 5.81. The molecule has 0 bridgehead atoms. The number of imidazole rings is 1. The first-order chi connectivity index (χ1) is 19.2. The first kappa shape index (κ1) is 23.2. The predicted octanol–water partition coefficient (Wildman–Crippen LogP) is 4.59. The van der Waals surface area contributed by atoms with Crippen LogP contribution in [0.15, 0.2) is 84.0 Å². The minimum Gasteiger partial charge on any atom is -0.316 e. The molecule has 6 aromatic rings. The Hall–Kier alpha value is -4.92. The molecule has 39 heavy (non-hydrogen) atoms. The average Bonchev–Trinajstić information content (AvgIpc) is 3.73. The van der Waals surface area contributed by atoms with E-state index in [0.717, 1.165) is 52.9 Å². The number of nitrogens with zero attached hydrogens (tertiary/aromatic N) is 7. The van der Waals surface area contributed by atoms with Crippen LogP contribution in [0, 0.1) is 0 Å². The highest BCUT2D eigenvalue weighted by Gasteiger charge is 2.29. The van der Waals surface area contributed by atoms with E-state index < -0.39 is 0 Å². The number of hydrogen-bond donors (Lipinski definition) is 1. The molecule has 1 N–H and O–H groups in total. The van der Waals surface area contributed by atoms with Crippen LogP contribution in [0.1, 0.15) is 41.9 Å². The minimum absolute atomic E-state index is 0.0253. The van der Waals surface area contributed by atoms with Crippen LogP contribution in [0.5, 0.6) is 0 Å². The lowest BCUT2D eigenvalue weighted by atomic mass is 9.96. The van der Waals surface area contributed by atoms with E-state index in [1.807, 2.05) is 42.6 Å². The number of aromatic nitrogens is 8. The van der Waals surface area contributed by atoms with Crippen molar-refractivity contribution < 1.29 is 0 Å². The van der Waals surface area contributed by atoms with Crippen molar-refractivity contribution in [2.75, 3.05) is 0 Å². The molecule has 0 fully saturated rings. The van der Waals surface area contributed by atoms with Crippen molar-refractivity contribution in [3.05, 3.63) is 112 Å². The van der Waals surface area contributed by atoms with Gasteiger partial charge < -0.3 is 9.13 Å². The summed E-state index contributed by atoms with van der Waals surface area (Å²) in [5, 5.41) is 14.7. The lowest BCUT2D eigenvalue weighted by Crippen LogP contribution is -2.24. The van der Waals surface area contributed by atoms with Gasteiger partial charge in [0.05, 0.1) is 18.1 Å². The van der Waals surface area contributed by atoms with E-state index in [0.29, 0.717) is 17.9 Å². The molecule has 0 unspecified atom stereocenters. The lowest BCUT2D eigenvalue weighted by molar-refractivity contribution is 0.567. The van der Waals surface area contributed by atoms with Crippen molar-refractivity contribution in [1.82, 2.24) is 39.7 Å². The number of aryl methyl sites for hydroxylation is 2. The molecule has 0 amide bonds. The van der Waals surface area contributed by atoms with Crippen molar-refractivity contribution >= 4 is 11.0 Å². The fourth-order valence-electron chi connectivity index (χ4n) is 5.83. The second-order valence-corrected chi connectivity index (χ2v) is 9.84. The Labute approximate surface area is 224 Å². The molecule has 0 aliphatic heterocycles. The van der Waals surface area contributed by atoms with E-state index in [2.05, 4.69) is 61.4 Å². The van der Waals surface area contributed by atoms with Gasteiger partial charge in [-0.25, -0.2) is 4.98 Å². The van der Waals surface area contributed by atoms with Crippen LogP contribution < -0.4 is 5.56 Å². The second-order valence-electron chi connectivity index (χ2n) is 9.84. The number of H-pyrrole nitrogens is 1. The molecule has 0 radical (unpaired) electrons. The maximum atomic E-state index is 13.8. The number of aromatic amines is 1. The number of pyridine rings is 2. The van der Waals surface area contributed by atoms with Gasteiger partial charge in [0, 0.05) is 30.6 Å². The summed E-state index contributed by atoms with van der Waals surface area (Å²) in [5.74, 6) is 1.51. The van der Waals surface area contributed by atoms with Gasteiger partial charge in [-0.05, 0) is 58.0 Å². The summed E-state index contributed by atoms with van der Waals surface area (Å²) in [6.07, 6.45) is 7.97. The maximum Gasteiger partial charge on any atom is 0.277 e. The lowest BCUT2D eigenvalue weighted by Gasteiger charge is -2.18.